The first-order valence-electron chi connectivity index (χ1n) is 4.76. The molecule has 0 heterocycles. The average Bonchev–Trinajstić information content (AvgIpc) is 2.26. The predicted octanol–water partition coefficient (Wildman–Crippen LogP) is 1.27. The molecule has 0 radical (unpaired) electrons. The van der Waals surface area contributed by atoms with Crippen LogP contribution in [-0.4, -0.2) is 29.3 Å². The van der Waals surface area contributed by atoms with Gasteiger partial charge < -0.3 is 10.6 Å². The number of nitrogens with zero attached hydrogens (tertiary/aromatic N) is 2. The Hall–Kier alpha value is -2.11. The highest BCUT2D eigenvalue weighted by atomic mass is 16.6. The maximum atomic E-state index is 11.8. The van der Waals surface area contributed by atoms with E-state index in [1.165, 1.54) is 23.1 Å². The number of nitrogen functional groups attached to an aromatic ring is 1. The second-order valence-electron chi connectivity index (χ2n) is 3.35. The van der Waals surface area contributed by atoms with Gasteiger partial charge in [-0.1, -0.05) is 0 Å². The van der Waals surface area contributed by atoms with Gasteiger partial charge in [-0.05, 0) is 19.1 Å². The van der Waals surface area contributed by atoms with Crippen molar-refractivity contribution in [2.24, 2.45) is 0 Å². The Balaban J connectivity index is 3.24. The van der Waals surface area contributed by atoms with Crippen LogP contribution < -0.4 is 5.73 Å². The summed E-state index contributed by atoms with van der Waals surface area (Å²) in [4.78, 5) is 23.4. The van der Waals surface area contributed by atoms with Gasteiger partial charge >= 0.3 is 0 Å². The summed E-state index contributed by atoms with van der Waals surface area (Å²) < 4.78 is 0. The number of nitro groups is 1. The molecule has 0 saturated carbocycles. The molecule has 0 aliphatic heterocycles. The number of amides is 1. The quantitative estimate of drug-likeness (QED) is 0.474. The second kappa shape index (κ2) is 4.61. The highest BCUT2D eigenvalue weighted by Crippen LogP contribution is 2.22. The smallest absolute Gasteiger partial charge is 0.282 e. The van der Waals surface area contributed by atoms with Crippen LogP contribution in [0.1, 0.15) is 17.3 Å². The van der Waals surface area contributed by atoms with Crippen molar-refractivity contribution in [3.63, 3.8) is 0 Å². The largest absolute Gasteiger partial charge is 0.399 e. The summed E-state index contributed by atoms with van der Waals surface area (Å²) in [6, 6.07) is 3.97. The first kappa shape index (κ1) is 12.0. The summed E-state index contributed by atoms with van der Waals surface area (Å²) in [5.74, 6) is -0.401. The van der Waals surface area contributed by atoms with Gasteiger partial charge in [-0.2, -0.15) is 0 Å². The zero-order valence-electron chi connectivity index (χ0n) is 9.14. The first-order valence-corrected chi connectivity index (χ1v) is 4.76. The molecule has 0 aliphatic rings. The summed E-state index contributed by atoms with van der Waals surface area (Å²) in [5, 5.41) is 10.7. The van der Waals surface area contributed by atoms with Crippen LogP contribution in [0.15, 0.2) is 18.2 Å². The molecule has 1 aromatic rings. The van der Waals surface area contributed by atoms with Crippen molar-refractivity contribution in [2.75, 3.05) is 19.3 Å². The second-order valence-corrected chi connectivity index (χ2v) is 3.35. The predicted molar refractivity (Wildman–Crippen MR) is 60.1 cm³/mol. The minimum atomic E-state index is -0.587. The van der Waals surface area contributed by atoms with Crippen molar-refractivity contribution in [2.45, 2.75) is 6.92 Å². The molecule has 0 saturated heterocycles. The molecule has 0 aliphatic carbocycles. The van der Waals surface area contributed by atoms with Gasteiger partial charge in [-0.25, -0.2) is 0 Å². The number of rotatable bonds is 3. The van der Waals surface area contributed by atoms with E-state index in [9.17, 15) is 14.9 Å². The summed E-state index contributed by atoms with van der Waals surface area (Å²) in [6.45, 7) is 2.26. The normalized spacial score (nSPS) is 9.88. The first-order chi connectivity index (χ1) is 7.47. The molecule has 16 heavy (non-hydrogen) atoms. The lowest BCUT2D eigenvalue weighted by Crippen LogP contribution is -2.27. The van der Waals surface area contributed by atoms with Gasteiger partial charge in [0.1, 0.15) is 5.56 Å². The van der Waals surface area contributed by atoms with Crippen LogP contribution in [0.25, 0.3) is 0 Å². The fraction of sp³-hybridized carbons (Fsp3) is 0.300. The zero-order chi connectivity index (χ0) is 12.3. The van der Waals surface area contributed by atoms with Gasteiger partial charge in [-0.15, -0.1) is 0 Å². The van der Waals surface area contributed by atoms with Gasteiger partial charge in [0, 0.05) is 25.3 Å². The molecule has 0 spiro atoms. The van der Waals surface area contributed by atoms with Gasteiger partial charge in [0.15, 0.2) is 0 Å². The van der Waals surface area contributed by atoms with E-state index in [2.05, 4.69) is 0 Å². The lowest BCUT2D eigenvalue weighted by atomic mass is 10.1. The summed E-state index contributed by atoms with van der Waals surface area (Å²) in [6.07, 6.45) is 0. The molecule has 86 valence electrons. The van der Waals surface area contributed by atoms with Crippen LogP contribution in [0.2, 0.25) is 0 Å². The topological polar surface area (TPSA) is 89.5 Å². The van der Waals surface area contributed by atoms with E-state index in [1.807, 2.05) is 0 Å². The standard InChI is InChI=1S/C10H13N3O3/c1-3-12(2)10(14)8-6-7(11)4-5-9(8)13(15)16/h4-6H,3,11H2,1-2H3. The third-order valence-electron chi connectivity index (χ3n) is 2.27. The molecule has 6 heteroatoms. The van der Waals surface area contributed by atoms with Crippen molar-refractivity contribution in [1.82, 2.24) is 4.90 Å². The van der Waals surface area contributed by atoms with E-state index in [0.29, 0.717) is 12.2 Å². The van der Waals surface area contributed by atoms with E-state index < -0.39 is 10.8 Å². The summed E-state index contributed by atoms with van der Waals surface area (Å²) in [7, 11) is 1.58. The van der Waals surface area contributed by atoms with Gasteiger partial charge in [0.05, 0.1) is 4.92 Å². The van der Waals surface area contributed by atoms with Crippen molar-refractivity contribution in [3.05, 3.63) is 33.9 Å². The lowest BCUT2D eigenvalue weighted by molar-refractivity contribution is -0.385. The van der Waals surface area contributed by atoms with Crippen LogP contribution in [0.3, 0.4) is 0 Å². The maximum Gasteiger partial charge on any atom is 0.282 e. The van der Waals surface area contributed by atoms with E-state index in [4.69, 9.17) is 5.73 Å². The Labute approximate surface area is 92.8 Å². The fourth-order valence-corrected chi connectivity index (χ4v) is 1.23. The molecule has 0 aromatic heterocycles. The van der Waals surface area contributed by atoms with E-state index >= 15 is 0 Å². The van der Waals surface area contributed by atoms with Crippen molar-refractivity contribution in [1.29, 1.82) is 0 Å². The Morgan fingerprint density at radius 2 is 2.19 bits per heavy atom. The zero-order valence-corrected chi connectivity index (χ0v) is 9.14. The molecule has 1 aromatic carbocycles. The number of hydrogen-bond acceptors (Lipinski definition) is 4. The average molecular weight is 223 g/mol. The van der Waals surface area contributed by atoms with E-state index in [1.54, 1.807) is 14.0 Å². The summed E-state index contributed by atoms with van der Waals surface area (Å²) >= 11 is 0. The third-order valence-corrected chi connectivity index (χ3v) is 2.27. The molecule has 0 fully saturated rings. The number of nitro benzene ring substituents is 1. The minimum absolute atomic E-state index is 0.0225. The maximum absolute atomic E-state index is 11.8. The van der Waals surface area contributed by atoms with Gasteiger partial charge in [-0.3, -0.25) is 14.9 Å². The van der Waals surface area contributed by atoms with Crippen LogP contribution >= 0.6 is 0 Å². The monoisotopic (exact) mass is 223 g/mol. The molecule has 1 rings (SSSR count). The molecular weight excluding hydrogens is 210 g/mol. The number of benzene rings is 1. The number of anilines is 1. The van der Waals surface area contributed by atoms with Crippen LogP contribution in [0.4, 0.5) is 11.4 Å². The van der Waals surface area contributed by atoms with Crippen molar-refractivity contribution >= 4 is 17.3 Å². The minimum Gasteiger partial charge on any atom is -0.399 e. The number of carbonyl (C=O) groups is 1. The number of hydrogen-bond donors (Lipinski definition) is 1. The Morgan fingerprint density at radius 1 is 1.56 bits per heavy atom. The van der Waals surface area contributed by atoms with Gasteiger partial charge in [0.2, 0.25) is 0 Å². The van der Waals surface area contributed by atoms with Crippen LogP contribution in [-0.2, 0) is 0 Å². The number of carbonyl (C=O) groups excluding carboxylic acids is 1. The van der Waals surface area contributed by atoms with Crippen LogP contribution in [0.5, 0.6) is 0 Å². The third kappa shape index (κ3) is 2.28. The highest BCUT2D eigenvalue weighted by Gasteiger charge is 2.22. The van der Waals surface area contributed by atoms with Gasteiger partial charge in [0.25, 0.3) is 11.6 Å². The molecule has 6 nitrogen and oxygen atoms in total. The van der Waals surface area contributed by atoms with Crippen LogP contribution in [0, 0.1) is 10.1 Å². The molecular formula is C10H13N3O3. The molecule has 0 unspecified atom stereocenters. The SMILES string of the molecule is CCN(C)C(=O)c1cc(N)ccc1[N+](=O)[O-]. The van der Waals surface area contributed by atoms with Crippen molar-refractivity contribution in [3.8, 4) is 0 Å². The molecule has 1 amide bonds. The Kier molecular flexibility index (Phi) is 3.44. The van der Waals surface area contributed by atoms with E-state index in [0.717, 1.165) is 0 Å². The number of nitrogens with two attached hydrogens (primary N) is 1. The highest BCUT2D eigenvalue weighted by molar-refractivity contribution is 5.98. The summed E-state index contributed by atoms with van der Waals surface area (Å²) in [5.41, 5.74) is 5.65. The molecule has 0 bridgehead atoms. The van der Waals surface area contributed by atoms with Crippen molar-refractivity contribution < 1.29 is 9.72 Å². The molecule has 2 N–H and O–H groups in total. The molecule has 0 atom stereocenters. The Morgan fingerprint density at radius 3 is 2.69 bits per heavy atom. The Bertz CT molecular complexity index is 431. The lowest BCUT2D eigenvalue weighted by Gasteiger charge is -2.14. The van der Waals surface area contributed by atoms with E-state index in [-0.39, 0.29) is 11.3 Å². The fourth-order valence-electron chi connectivity index (χ4n) is 1.23.